The van der Waals surface area contributed by atoms with Gasteiger partial charge in [-0.2, -0.15) is 0 Å². The lowest BCUT2D eigenvalue weighted by atomic mass is 10.0. The summed E-state index contributed by atoms with van der Waals surface area (Å²) in [6.45, 7) is 0. The molecule has 0 aliphatic carbocycles. The Morgan fingerprint density at radius 1 is 0.917 bits per heavy atom. The first-order valence-corrected chi connectivity index (χ1v) is 7.73. The number of rotatable bonds is 2. The summed E-state index contributed by atoms with van der Waals surface area (Å²) in [6.07, 6.45) is 0. The number of imide groups is 1. The van der Waals surface area contributed by atoms with Crippen molar-refractivity contribution >= 4 is 39.9 Å². The smallest absolute Gasteiger partial charge is 0.266 e. The van der Waals surface area contributed by atoms with Gasteiger partial charge in [-0.05, 0) is 35.7 Å². The average Bonchev–Trinajstić information content (AvgIpc) is 2.84. The molecular formula is C19H12ClNO3. The van der Waals surface area contributed by atoms with Crippen molar-refractivity contribution in [3.8, 4) is 5.75 Å². The van der Waals surface area contributed by atoms with Gasteiger partial charge in [0.25, 0.3) is 11.8 Å². The van der Waals surface area contributed by atoms with Gasteiger partial charge in [0.1, 0.15) is 5.75 Å². The first-order valence-electron chi connectivity index (χ1n) is 7.36. The quantitative estimate of drug-likeness (QED) is 0.655. The predicted octanol–water partition coefficient (Wildman–Crippen LogP) is 4.30. The highest BCUT2D eigenvalue weighted by molar-refractivity contribution is 6.40. The second kappa shape index (κ2) is 5.35. The fourth-order valence-corrected chi connectivity index (χ4v) is 3.23. The molecule has 0 unspecified atom stereocenters. The third-order valence-electron chi connectivity index (χ3n) is 4.16. The van der Waals surface area contributed by atoms with E-state index in [0.29, 0.717) is 27.6 Å². The Morgan fingerprint density at radius 2 is 1.62 bits per heavy atom. The first kappa shape index (κ1) is 14.7. The van der Waals surface area contributed by atoms with Crippen LogP contribution in [-0.4, -0.2) is 18.9 Å². The third-order valence-corrected chi connectivity index (χ3v) is 4.48. The molecule has 0 saturated heterocycles. The lowest BCUT2D eigenvalue weighted by Gasteiger charge is -2.15. The van der Waals surface area contributed by atoms with Gasteiger partial charge in [0, 0.05) is 5.39 Å². The summed E-state index contributed by atoms with van der Waals surface area (Å²) in [5.41, 5.74) is 1.12. The number of hydrogen-bond acceptors (Lipinski definition) is 3. The SMILES string of the molecule is COc1cccc2cc3c(cc12)C(=O)N(c1ccccc1Cl)C3=O. The van der Waals surface area contributed by atoms with Gasteiger partial charge < -0.3 is 4.74 Å². The monoisotopic (exact) mass is 337 g/mol. The van der Waals surface area contributed by atoms with E-state index in [0.717, 1.165) is 15.7 Å². The molecule has 0 aromatic heterocycles. The standard InChI is InChI=1S/C19H12ClNO3/c1-24-17-8-4-5-11-9-13-14(10-12(11)17)19(23)21(18(13)22)16-7-3-2-6-15(16)20/h2-10H,1H3. The van der Waals surface area contributed by atoms with Gasteiger partial charge >= 0.3 is 0 Å². The largest absolute Gasteiger partial charge is 0.496 e. The van der Waals surface area contributed by atoms with Crippen molar-refractivity contribution in [1.82, 2.24) is 0 Å². The molecule has 1 aliphatic heterocycles. The Morgan fingerprint density at radius 3 is 2.33 bits per heavy atom. The Hall–Kier alpha value is -2.85. The zero-order valence-corrected chi connectivity index (χ0v) is 13.5. The van der Waals surface area contributed by atoms with Crippen molar-refractivity contribution in [2.45, 2.75) is 0 Å². The van der Waals surface area contributed by atoms with Crippen LogP contribution in [0.1, 0.15) is 20.7 Å². The molecule has 0 fully saturated rings. The molecule has 3 aromatic carbocycles. The number of anilines is 1. The van der Waals surface area contributed by atoms with Crippen LogP contribution in [0.15, 0.2) is 54.6 Å². The van der Waals surface area contributed by atoms with Crippen LogP contribution in [0, 0.1) is 0 Å². The van der Waals surface area contributed by atoms with Crippen LogP contribution in [-0.2, 0) is 0 Å². The van der Waals surface area contributed by atoms with Crippen LogP contribution < -0.4 is 9.64 Å². The van der Waals surface area contributed by atoms with Gasteiger partial charge in [-0.1, -0.05) is 35.9 Å². The van der Waals surface area contributed by atoms with Gasteiger partial charge in [-0.3, -0.25) is 9.59 Å². The maximum absolute atomic E-state index is 12.8. The number of carbonyl (C=O) groups is 2. The van der Waals surface area contributed by atoms with Gasteiger partial charge in [0.2, 0.25) is 0 Å². The number of methoxy groups -OCH3 is 1. The average molecular weight is 338 g/mol. The van der Waals surface area contributed by atoms with Crippen molar-refractivity contribution < 1.29 is 14.3 Å². The van der Waals surface area contributed by atoms with E-state index in [4.69, 9.17) is 16.3 Å². The number of ether oxygens (including phenoxy) is 1. The van der Waals surface area contributed by atoms with E-state index in [9.17, 15) is 9.59 Å². The normalized spacial score (nSPS) is 13.5. The van der Waals surface area contributed by atoms with Crippen molar-refractivity contribution in [3.63, 3.8) is 0 Å². The number of para-hydroxylation sites is 1. The molecule has 24 heavy (non-hydrogen) atoms. The highest BCUT2D eigenvalue weighted by Crippen LogP contribution is 2.36. The van der Waals surface area contributed by atoms with Crippen molar-refractivity contribution in [1.29, 1.82) is 0 Å². The Kier molecular flexibility index (Phi) is 3.28. The summed E-state index contributed by atoms with van der Waals surface area (Å²) in [7, 11) is 1.57. The van der Waals surface area contributed by atoms with E-state index in [-0.39, 0.29) is 11.8 Å². The highest BCUT2D eigenvalue weighted by Gasteiger charge is 2.38. The summed E-state index contributed by atoms with van der Waals surface area (Å²) >= 11 is 6.16. The van der Waals surface area contributed by atoms with Gasteiger partial charge in [-0.15, -0.1) is 0 Å². The molecule has 4 nitrogen and oxygen atoms in total. The number of benzene rings is 3. The van der Waals surface area contributed by atoms with Crippen LogP contribution >= 0.6 is 11.6 Å². The maximum atomic E-state index is 12.8. The third kappa shape index (κ3) is 2.00. The van der Waals surface area contributed by atoms with E-state index in [1.807, 2.05) is 18.2 Å². The number of amides is 2. The highest BCUT2D eigenvalue weighted by atomic mass is 35.5. The predicted molar refractivity (Wildman–Crippen MR) is 93.1 cm³/mol. The minimum atomic E-state index is -0.379. The van der Waals surface area contributed by atoms with Crippen molar-refractivity contribution in [3.05, 3.63) is 70.7 Å². The molecule has 1 aliphatic rings. The molecule has 4 rings (SSSR count). The molecule has 0 N–H and O–H groups in total. The number of nitrogens with zero attached hydrogens (tertiary/aromatic N) is 1. The fraction of sp³-hybridized carbons (Fsp3) is 0.0526. The number of fused-ring (bicyclic) bond motifs is 2. The van der Waals surface area contributed by atoms with Gasteiger partial charge in [0.05, 0.1) is 28.9 Å². The van der Waals surface area contributed by atoms with E-state index in [1.165, 1.54) is 0 Å². The van der Waals surface area contributed by atoms with Gasteiger partial charge in [-0.25, -0.2) is 4.90 Å². The molecule has 118 valence electrons. The summed E-state index contributed by atoms with van der Waals surface area (Å²) in [5.74, 6) is -0.0875. The minimum absolute atomic E-state index is 0.356. The summed E-state index contributed by atoms with van der Waals surface area (Å²) in [5, 5.41) is 1.99. The number of hydrogen-bond donors (Lipinski definition) is 0. The lowest BCUT2D eigenvalue weighted by molar-refractivity contribution is 0.0926. The molecule has 3 aromatic rings. The van der Waals surface area contributed by atoms with Gasteiger partial charge in [0.15, 0.2) is 0 Å². The molecule has 2 amide bonds. The molecule has 0 bridgehead atoms. The Labute approximate surface area is 143 Å². The molecule has 0 saturated carbocycles. The van der Waals surface area contributed by atoms with Crippen molar-refractivity contribution in [2.75, 3.05) is 12.0 Å². The first-order chi connectivity index (χ1) is 11.6. The van der Waals surface area contributed by atoms with E-state index < -0.39 is 0 Å². The molecule has 0 radical (unpaired) electrons. The zero-order chi connectivity index (χ0) is 16.8. The van der Waals surface area contributed by atoms with Crippen molar-refractivity contribution in [2.24, 2.45) is 0 Å². The van der Waals surface area contributed by atoms with Crippen LogP contribution in [0.3, 0.4) is 0 Å². The number of carbonyl (C=O) groups excluding carboxylic acids is 2. The summed E-state index contributed by atoms with van der Waals surface area (Å²) < 4.78 is 5.35. The number of halogens is 1. The summed E-state index contributed by atoms with van der Waals surface area (Å²) in [4.78, 5) is 26.7. The Bertz CT molecular complexity index is 1010. The van der Waals surface area contributed by atoms with E-state index in [2.05, 4.69) is 0 Å². The van der Waals surface area contributed by atoms with Crippen LogP contribution in [0.2, 0.25) is 5.02 Å². The summed E-state index contributed by atoms with van der Waals surface area (Å²) in [6, 6.07) is 15.8. The zero-order valence-electron chi connectivity index (χ0n) is 12.7. The fourth-order valence-electron chi connectivity index (χ4n) is 3.01. The second-order valence-electron chi connectivity index (χ2n) is 5.48. The molecule has 0 atom stereocenters. The minimum Gasteiger partial charge on any atom is -0.496 e. The Balaban J connectivity index is 1.93. The molecular weight excluding hydrogens is 326 g/mol. The molecule has 0 spiro atoms. The molecule has 5 heteroatoms. The van der Waals surface area contributed by atoms with E-state index in [1.54, 1.807) is 43.5 Å². The topological polar surface area (TPSA) is 46.6 Å². The van der Waals surface area contributed by atoms with Crippen LogP contribution in [0.4, 0.5) is 5.69 Å². The van der Waals surface area contributed by atoms with Crippen LogP contribution in [0.25, 0.3) is 10.8 Å². The van der Waals surface area contributed by atoms with E-state index >= 15 is 0 Å². The molecule has 1 heterocycles. The second-order valence-corrected chi connectivity index (χ2v) is 5.88. The van der Waals surface area contributed by atoms with Crippen LogP contribution in [0.5, 0.6) is 5.75 Å². The lowest BCUT2D eigenvalue weighted by Crippen LogP contribution is -2.29. The maximum Gasteiger partial charge on any atom is 0.266 e.